The molecule has 0 aliphatic heterocycles. The van der Waals surface area contributed by atoms with Gasteiger partial charge in [0.15, 0.2) is 0 Å². The molecule has 1 N–H and O–H groups in total. The van der Waals surface area contributed by atoms with Crippen LogP contribution in [0, 0.1) is 0 Å². The number of methoxy groups -OCH3 is 1. The number of hydrogen-bond acceptors (Lipinski definition) is 3. The number of ether oxygens (including phenoxy) is 1. The van der Waals surface area contributed by atoms with Gasteiger partial charge in [-0.15, -0.1) is 0 Å². The van der Waals surface area contributed by atoms with Gasteiger partial charge in [0.2, 0.25) is 0 Å². The van der Waals surface area contributed by atoms with Gasteiger partial charge in [-0.1, -0.05) is 18.2 Å². The predicted molar refractivity (Wildman–Crippen MR) is 72.2 cm³/mol. The van der Waals surface area contributed by atoms with E-state index < -0.39 is 0 Å². The highest BCUT2D eigenvalue weighted by atomic mass is 16.5. The van der Waals surface area contributed by atoms with Crippen LogP contribution in [-0.4, -0.2) is 29.3 Å². The summed E-state index contributed by atoms with van der Waals surface area (Å²) in [5.41, 5.74) is 1.63. The molecule has 0 aliphatic carbocycles. The van der Waals surface area contributed by atoms with E-state index in [1.165, 1.54) is 0 Å². The summed E-state index contributed by atoms with van der Waals surface area (Å²) in [6.07, 6.45) is 2.34. The quantitative estimate of drug-likeness (QED) is 0.883. The Labute approximate surface area is 112 Å². The standard InChI is InChI=1S/C14H17N3O2/c1-17-12(8-10-16-17)14(18)15-9-7-11-5-3-4-6-13(11)19-2/h3-6,8,10H,7,9H2,1-2H3,(H,15,18). The van der Waals surface area contributed by atoms with Crippen LogP contribution in [0.2, 0.25) is 0 Å². The SMILES string of the molecule is COc1ccccc1CCNC(=O)c1ccnn1C. The minimum atomic E-state index is -0.116. The molecule has 0 bridgehead atoms. The maximum absolute atomic E-state index is 11.9. The molecule has 5 nitrogen and oxygen atoms in total. The van der Waals surface area contributed by atoms with E-state index in [9.17, 15) is 4.79 Å². The predicted octanol–water partition coefficient (Wildman–Crippen LogP) is 1.40. The van der Waals surface area contributed by atoms with Gasteiger partial charge in [0, 0.05) is 19.8 Å². The summed E-state index contributed by atoms with van der Waals surface area (Å²) in [5.74, 6) is 0.729. The Morgan fingerprint density at radius 3 is 2.84 bits per heavy atom. The van der Waals surface area contributed by atoms with E-state index in [1.807, 2.05) is 24.3 Å². The number of benzene rings is 1. The number of aromatic nitrogens is 2. The van der Waals surface area contributed by atoms with Crippen LogP contribution >= 0.6 is 0 Å². The first-order valence-electron chi connectivity index (χ1n) is 6.10. The summed E-state index contributed by atoms with van der Waals surface area (Å²) < 4.78 is 6.82. The molecule has 19 heavy (non-hydrogen) atoms. The van der Waals surface area contributed by atoms with Crippen LogP contribution in [0.25, 0.3) is 0 Å². The molecule has 0 fully saturated rings. The summed E-state index contributed by atoms with van der Waals surface area (Å²) in [4.78, 5) is 11.9. The molecule has 2 aromatic rings. The van der Waals surface area contributed by atoms with Crippen molar-refractivity contribution in [3.8, 4) is 5.75 Å². The lowest BCUT2D eigenvalue weighted by Crippen LogP contribution is -2.27. The van der Waals surface area contributed by atoms with E-state index in [0.717, 1.165) is 17.7 Å². The molecule has 0 unspecified atom stereocenters. The van der Waals surface area contributed by atoms with Crippen molar-refractivity contribution in [2.45, 2.75) is 6.42 Å². The van der Waals surface area contributed by atoms with Crippen LogP contribution < -0.4 is 10.1 Å². The number of hydrogen-bond donors (Lipinski definition) is 1. The molecule has 0 spiro atoms. The fraction of sp³-hybridized carbons (Fsp3) is 0.286. The van der Waals surface area contributed by atoms with Crippen LogP contribution in [0.3, 0.4) is 0 Å². The molecule has 5 heteroatoms. The highest BCUT2D eigenvalue weighted by Crippen LogP contribution is 2.17. The van der Waals surface area contributed by atoms with Gasteiger partial charge < -0.3 is 10.1 Å². The molecule has 0 saturated carbocycles. The van der Waals surface area contributed by atoms with Gasteiger partial charge in [-0.3, -0.25) is 9.48 Å². The molecule has 0 radical (unpaired) electrons. The van der Waals surface area contributed by atoms with Crippen LogP contribution in [-0.2, 0) is 13.5 Å². The zero-order chi connectivity index (χ0) is 13.7. The molecular weight excluding hydrogens is 242 g/mol. The van der Waals surface area contributed by atoms with Crippen molar-refractivity contribution in [3.63, 3.8) is 0 Å². The van der Waals surface area contributed by atoms with Crippen molar-refractivity contribution in [2.24, 2.45) is 7.05 Å². The average molecular weight is 259 g/mol. The normalized spacial score (nSPS) is 10.2. The Morgan fingerprint density at radius 1 is 1.37 bits per heavy atom. The molecular formula is C14H17N3O2. The Balaban J connectivity index is 1.90. The molecule has 100 valence electrons. The lowest BCUT2D eigenvalue weighted by molar-refractivity contribution is 0.0944. The molecule has 0 aliphatic rings. The molecule has 0 atom stereocenters. The molecule has 1 aromatic carbocycles. The Hall–Kier alpha value is -2.30. The number of nitrogens with one attached hydrogen (secondary N) is 1. The fourth-order valence-corrected chi connectivity index (χ4v) is 1.91. The van der Waals surface area contributed by atoms with Gasteiger partial charge >= 0.3 is 0 Å². The molecule has 1 heterocycles. The third kappa shape index (κ3) is 3.13. The first kappa shape index (κ1) is 13.1. The van der Waals surface area contributed by atoms with Crippen LogP contribution in [0.1, 0.15) is 16.1 Å². The largest absolute Gasteiger partial charge is 0.496 e. The Kier molecular flexibility index (Phi) is 4.18. The second-order valence-electron chi connectivity index (χ2n) is 4.16. The molecule has 1 amide bonds. The summed E-state index contributed by atoms with van der Waals surface area (Å²) in [6, 6.07) is 9.49. The molecule has 2 rings (SSSR count). The molecule has 0 saturated heterocycles. The summed E-state index contributed by atoms with van der Waals surface area (Å²) in [5, 5.41) is 6.84. The number of carbonyl (C=O) groups excluding carboxylic acids is 1. The van der Waals surface area contributed by atoms with E-state index in [-0.39, 0.29) is 5.91 Å². The van der Waals surface area contributed by atoms with Crippen LogP contribution in [0.15, 0.2) is 36.5 Å². The highest BCUT2D eigenvalue weighted by molar-refractivity contribution is 5.92. The van der Waals surface area contributed by atoms with E-state index in [2.05, 4.69) is 10.4 Å². The van der Waals surface area contributed by atoms with Crippen LogP contribution in [0.5, 0.6) is 5.75 Å². The number of nitrogens with zero attached hydrogens (tertiary/aromatic N) is 2. The van der Waals surface area contributed by atoms with Crippen molar-refractivity contribution in [3.05, 3.63) is 47.8 Å². The third-order valence-corrected chi connectivity index (χ3v) is 2.93. The van der Waals surface area contributed by atoms with E-state index in [4.69, 9.17) is 4.74 Å². The zero-order valence-corrected chi connectivity index (χ0v) is 11.1. The van der Waals surface area contributed by atoms with Gasteiger partial charge in [-0.2, -0.15) is 5.10 Å². The number of amides is 1. The summed E-state index contributed by atoms with van der Waals surface area (Å²) in [6.45, 7) is 0.560. The van der Waals surface area contributed by atoms with Crippen molar-refractivity contribution >= 4 is 5.91 Å². The number of rotatable bonds is 5. The zero-order valence-electron chi connectivity index (χ0n) is 11.1. The second-order valence-corrected chi connectivity index (χ2v) is 4.16. The van der Waals surface area contributed by atoms with Gasteiger partial charge in [0.25, 0.3) is 5.91 Å². The highest BCUT2D eigenvalue weighted by Gasteiger charge is 2.09. The van der Waals surface area contributed by atoms with E-state index in [0.29, 0.717) is 12.2 Å². The third-order valence-electron chi connectivity index (χ3n) is 2.93. The van der Waals surface area contributed by atoms with E-state index >= 15 is 0 Å². The van der Waals surface area contributed by atoms with Gasteiger partial charge in [0.1, 0.15) is 11.4 Å². The maximum Gasteiger partial charge on any atom is 0.269 e. The van der Waals surface area contributed by atoms with Crippen molar-refractivity contribution in [1.82, 2.24) is 15.1 Å². The van der Waals surface area contributed by atoms with Gasteiger partial charge in [-0.25, -0.2) is 0 Å². The fourth-order valence-electron chi connectivity index (χ4n) is 1.91. The van der Waals surface area contributed by atoms with Gasteiger partial charge in [-0.05, 0) is 24.1 Å². The minimum Gasteiger partial charge on any atom is -0.496 e. The summed E-state index contributed by atoms with van der Waals surface area (Å²) in [7, 11) is 3.39. The Morgan fingerprint density at radius 2 is 2.16 bits per heavy atom. The lowest BCUT2D eigenvalue weighted by Gasteiger charge is -2.09. The number of para-hydroxylation sites is 1. The monoisotopic (exact) mass is 259 g/mol. The smallest absolute Gasteiger partial charge is 0.269 e. The van der Waals surface area contributed by atoms with Crippen molar-refractivity contribution in [1.29, 1.82) is 0 Å². The van der Waals surface area contributed by atoms with Gasteiger partial charge in [0.05, 0.1) is 7.11 Å². The Bertz CT molecular complexity index is 563. The molecule has 1 aromatic heterocycles. The minimum absolute atomic E-state index is 0.116. The second kappa shape index (κ2) is 6.04. The maximum atomic E-state index is 11.9. The van der Waals surface area contributed by atoms with Crippen LogP contribution in [0.4, 0.5) is 0 Å². The van der Waals surface area contributed by atoms with Crippen molar-refractivity contribution < 1.29 is 9.53 Å². The number of aryl methyl sites for hydroxylation is 1. The summed E-state index contributed by atoms with van der Waals surface area (Å²) >= 11 is 0. The first-order valence-corrected chi connectivity index (χ1v) is 6.10. The van der Waals surface area contributed by atoms with E-state index in [1.54, 1.807) is 31.1 Å². The number of carbonyl (C=O) groups is 1. The average Bonchev–Trinajstić information content (AvgIpc) is 2.85. The topological polar surface area (TPSA) is 56.1 Å². The van der Waals surface area contributed by atoms with Crippen molar-refractivity contribution in [2.75, 3.05) is 13.7 Å². The first-order chi connectivity index (χ1) is 9.22. The lowest BCUT2D eigenvalue weighted by atomic mass is 10.1.